The van der Waals surface area contributed by atoms with E-state index in [-0.39, 0.29) is 6.61 Å². The molecule has 0 saturated heterocycles. The lowest BCUT2D eigenvalue weighted by Crippen LogP contribution is -2.20. The van der Waals surface area contributed by atoms with Crippen molar-refractivity contribution >= 4 is 0 Å². The molecule has 98 valence electrons. The van der Waals surface area contributed by atoms with Gasteiger partial charge in [0.25, 0.3) is 0 Å². The Balaban J connectivity index is 4.18. The summed E-state index contributed by atoms with van der Waals surface area (Å²) >= 11 is 0. The Labute approximate surface area is 101 Å². The lowest BCUT2D eigenvalue weighted by molar-refractivity contribution is 0.0768. The van der Waals surface area contributed by atoms with Crippen LogP contribution < -0.4 is 0 Å². The van der Waals surface area contributed by atoms with E-state index < -0.39 is 6.10 Å². The Morgan fingerprint density at radius 2 is 1.50 bits per heavy atom. The fraction of sp³-hybridized carbons (Fsp3) is 1.00. The summed E-state index contributed by atoms with van der Waals surface area (Å²) in [6.45, 7) is 8.93. The van der Waals surface area contributed by atoms with Crippen molar-refractivity contribution < 1.29 is 10.2 Å². The van der Waals surface area contributed by atoms with Crippen LogP contribution in [0.3, 0.4) is 0 Å². The smallest absolute Gasteiger partial charge is 0.0771 e. The molecule has 0 amide bonds. The van der Waals surface area contributed by atoms with Crippen LogP contribution in [0.15, 0.2) is 0 Å². The summed E-state index contributed by atoms with van der Waals surface area (Å²) in [6, 6.07) is 0. The van der Waals surface area contributed by atoms with Gasteiger partial charge in [-0.3, -0.25) is 0 Å². The van der Waals surface area contributed by atoms with Crippen molar-refractivity contribution in [2.24, 2.45) is 17.8 Å². The molecule has 0 fully saturated rings. The number of aliphatic hydroxyl groups is 2. The van der Waals surface area contributed by atoms with Crippen molar-refractivity contribution in [3.8, 4) is 0 Å². The molecule has 0 aliphatic carbocycles. The van der Waals surface area contributed by atoms with Gasteiger partial charge in [0.15, 0.2) is 0 Å². The molecule has 0 aromatic rings. The standard InChI is InChI=1S/C14H30O2/c1-5-12(6-2)13(9-11(3)4)7-8-14(16)10-15/h11-16H,5-10H2,1-4H3. The summed E-state index contributed by atoms with van der Waals surface area (Å²) in [5, 5.41) is 18.3. The summed E-state index contributed by atoms with van der Waals surface area (Å²) in [7, 11) is 0. The Kier molecular flexibility index (Phi) is 8.96. The van der Waals surface area contributed by atoms with Crippen LogP contribution in [0.25, 0.3) is 0 Å². The highest BCUT2D eigenvalue weighted by Crippen LogP contribution is 2.30. The second-order valence-corrected chi connectivity index (χ2v) is 5.38. The van der Waals surface area contributed by atoms with Crippen molar-refractivity contribution in [1.82, 2.24) is 0 Å². The molecule has 0 aliphatic rings. The minimum Gasteiger partial charge on any atom is -0.394 e. The summed E-state index contributed by atoms with van der Waals surface area (Å²) in [6.07, 6.45) is 4.96. The molecule has 0 radical (unpaired) electrons. The predicted molar refractivity (Wildman–Crippen MR) is 69.3 cm³/mol. The second-order valence-electron chi connectivity index (χ2n) is 5.38. The molecule has 0 aliphatic heterocycles. The van der Waals surface area contributed by atoms with E-state index in [1.165, 1.54) is 19.3 Å². The summed E-state index contributed by atoms with van der Waals surface area (Å²) in [5.41, 5.74) is 0. The molecule has 2 heteroatoms. The zero-order valence-electron chi connectivity index (χ0n) is 11.4. The molecule has 0 aromatic heterocycles. The lowest BCUT2D eigenvalue weighted by atomic mass is 9.79. The third-order valence-corrected chi connectivity index (χ3v) is 3.57. The predicted octanol–water partition coefficient (Wildman–Crippen LogP) is 3.22. The SMILES string of the molecule is CCC(CC)C(CCC(O)CO)CC(C)C. The molecule has 0 spiro atoms. The molecule has 0 rings (SSSR count). The highest BCUT2D eigenvalue weighted by atomic mass is 16.3. The molecule has 0 bridgehead atoms. The van der Waals surface area contributed by atoms with Crippen LogP contribution in [0.5, 0.6) is 0 Å². The third-order valence-electron chi connectivity index (χ3n) is 3.57. The normalized spacial score (nSPS) is 15.8. The van der Waals surface area contributed by atoms with Crippen molar-refractivity contribution in [2.75, 3.05) is 6.61 Å². The van der Waals surface area contributed by atoms with Gasteiger partial charge in [-0.2, -0.15) is 0 Å². The van der Waals surface area contributed by atoms with Crippen molar-refractivity contribution in [3.05, 3.63) is 0 Å². The quantitative estimate of drug-likeness (QED) is 0.638. The van der Waals surface area contributed by atoms with E-state index in [0.717, 1.165) is 24.7 Å². The average Bonchev–Trinajstić information content (AvgIpc) is 2.26. The molecule has 0 saturated carbocycles. The maximum Gasteiger partial charge on any atom is 0.0771 e. The summed E-state index contributed by atoms with van der Waals surface area (Å²) in [4.78, 5) is 0. The van der Waals surface area contributed by atoms with Crippen LogP contribution in [-0.2, 0) is 0 Å². The van der Waals surface area contributed by atoms with E-state index in [9.17, 15) is 5.11 Å². The van der Waals surface area contributed by atoms with Crippen molar-refractivity contribution in [1.29, 1.82) is 0 Å². The average molecular weight is 230 g/mol. The van der Waals surface area contributed by atoms with Crippen molar-refractivity contribution in [2.45, 2.75) is 65.9 Å². The van der Waals surface area contributed by atoms with E-state index >= 15 is 0 Å². The van der Waals surface area contributed by atoms with Gasteiger partial charge in [-0.1, -0.05) is 40.5 Å². The molecule has 2 N–H and O–H groups in total. The van der Waals surface area contributed by atoms with E-state index in [1.807, 2.05) is 0 Å². The van der Waals surface area contributed by atoms with Gasteiger partial charge < -0.3 is 10.2 Å². The Morgan fingerprint density at radius 3 is 1.88 bits per heavy atom. The van der Waals surface area contributed by atoms with E-state index in [2.05, 4.69) is 27.7 Å². The molecule has 2 nitrogen and oxygen atoms in total. The van der Waals surface area contributed by atoms with E-state index in [4.69, 9.17) is 5.11 Å². The molecule has 16 heavy (non-hydrogen) atoms. The van der Waals surface area contributed by atoms with Gasteiger partial charge in [-0.05, 0) is 37.0 Å². The van der Waals surface area contributed by atoms with Crippen LogP contribution >= 0.6 is 0 Å². The first kappa shape index (κ1) is 15.9. The first-order valence-corrected chi connectivity index (χ1v) is 6.83. The maximum absolute atomic E-state index is 9.42. The highest BCUT2D eigenvalue weighted by Gasteiger charge is 2.20. The van der Waals surface area contributed by atoms with Gasteiger partial charge in [0.1, 0.15) is 0 Å². The minimum atomic E-state index is -0.524. The summed E-state index contributed by atoms with van der Waals surface area (Å²) < 4.78 is 0. The molecule has 0 heterocycles. The van der Waals surface area contributed by atoms with E-state index in [1.54, 1.807) is 0 Å². The van der Waals surface area contributed by atoms with Gasteiger partial charge in [-0.25, -0.2) is 0 Å². The number of hydrogen-bond donors (Lipinski definition) is 2. The monoisotopic (exact) mass is 230 g/mol. The summed E-state index contributed by atoms with van der Waals surface area (Å²) in [5.74, 6) is 2.20. The largest absolute Gasteiger partial charge is 0.394 e. The van der Waals surface area contributed by atoms with Crippen LogP contribution in [-0.4, -0.2) is 22.9 Å². The number of rotatable bonds is 9. The number of hydrogen-bond acceptors (Lipinski definition) is 2. The first-order chi connectivity index (χ1) is 7.54. The highest BCUT2D eigenvalue weighted by molar-refractivity contribution is 4.71. The van der Waals surface area contributed by atoms with E-state index in [0.29, 0.717) is 5.92 Å². The third kappa shape index (κ3) is 6.49. The molecule has 2 unspecified atom stereocenters. The first-order valence-electron chi connectivity index (χ1n) is 6.83. The van der Waals surface area contributed by atoms with Gasteiger partial charge in [-0.15, -0.1) is 0 Å². The number of aliphatic hydroxyl groups excluding tert-OH is 2. The zero-order valence-corrected chi connectivity index (χ0v) is 11.4. The van der Waals surface area contributed by atoms with Crippen LogP contribution in [0.2, 0.25) is 0 Å². The van der Waals surface area contributed by atoms with Gasteiger partial charge in [0.2, 0.25) is 0 Å². The Morgan fingerprint density at radius 1 is 0.938 bits per heavy atom. The topological polar surface area (TPSA) is 40.5 Å². The van der Waals surface area contributed by atoms with Gasteiger partial charge >= 0.3 is 0 Å². The Bertz CT molecular complexity index is 153. The molecular formula is C14H30O2. The van der Waals surface area contributed by atoms with Crippen LogP contribution in [0.1, 0.15) is 59.8 Å². The zero-order chi connectivity index (χ0) is 12.6. The fourth-order valence-corrected chi connectivity index (χ4v) is 2.60. The minimum absolute atomic E-state index is 0.0999. The van der Waals surface area contributed by atoms with Crippen molar-refractivity contribution in [3.63, 3.8) is 0 Å². The molecular weight excluding hydrogens is 200 g/mol. The molecule has 0 aromatic carbocycles. The lowest BCUT2D eigenvalue weighted by Gasteiger charge is -2.27. The second kappa shape index (κ2) is 9.00. The maximum atomic E-state index is 9.42. The van der Waals surface area contributed by atoms with Gasteiger partial charge in [0.05, 0.1) is 12.7 Å². The Hall–Kier alpha value is -0.0800. The van der Waals surface area contributed by atoms with Gasteiger partial charge in [0, 0.05) is 0 Å². The molecule has 2 atom stereocenters. The fourth-order valence-electron chi connectivity index (χ4n) is 2.60. The van der Waals surface area contributed by atoms with Crippen LogP contribution in [0.4, 0.5) is 0 Å². The van der Waals surface area contributed by atoms with Crippen LogP contribution in [0, 0.1) is 17.8 Å².